The quantitative estimate of drug-likeness (QED) is 0.884. The highest BCUT2D eigenvalue weighted by Gasteiger charge is 2.20. The van der Waals surface area contributed by atoms with Gasteiger partial charge in [0.15, 0.2) is 5.82 Å². The first kappa shape index (κ1) is 11.3. The van der Waals surface area contributed by atoms with Crippen LogP contribution < -0.4 is 5.32 Å². The van der Waals surface area contributed by atoms with Crippen molar-refractivity contribution in [2.75, 3.05) is 0 Å². The van der Waals surface area contributed by atoms with E-state index in [2.05, 4.69) is 20.3 Å². The zero-order chi connectivity index (χ0) is 12.5. The highest BCUT2D eigenvalue weighted by molar-refractivity contribution is 5.25. The van der Waals surface area contributed by atoms with Crippen molar-refractivity contribution < 1.29 is 0 Å². The largest absolute Gasteiger partial charge is 0.308 e. The van der Waals surface area contributed by atoms with E-state index < -0.39 is 0 Å². The van der Waals surface area contributed by atoms with Gasteiger partial charge in [0, 0.05) is 18.3 Å². The Hall–Kier alpha value is -1.75. The van der Waals surface area contributed by atoms with Crippen LogP contribution >= 0.6 is 0 Å². The van der Waals surface area contributed by atoms with Crippen LogP contribution in [-0.2, 0) is 6.54 Å². The number of rotatable bonds is 4. The number of aryl methyl sites for hydroxylation is 1. The Morgan fingerprint density at radius 1 is 1.22 bits per heavy atom. The smallest absolute Gasteiger partial charge is 0.156 e. The fraction of sp³-hybridized carbons (Fsp3) is 0.462. The minimum Gasteiger partial charge on any atom is -0.308 e. The number of imidazole rings is 1. The zero-order valence-electron chi connectivity index (χ0n) is 10.7. The third-order valence-corrected chi connectivity index (χ3v) is 3.34. The van der Waals surface area contributed by atoms with Crippen LogP contribution in [0, 0.1) is 13.8 Å². The molecule has 2 aromatic heterocycles. The molecule has 0 amide bonds. The van der Waals surface area contributed by atoms with Gasteiger partial charge in [-0.2, -0.15) is 0 Å². The number of hydrogen-bond donors (Lipinski definition) is 1. The Kier molecular flexibility index (Phi) is 2.83. The first-order valence-electron chi connectivity index (χ1n) is 6.29. The molecule has 1 aliphatic rings. The van der Waals surface area contributed by atoms with E-state index in [1.807, 2.05) is 24.6 Å². The molecule has 0 radical (unpaired) electrons. The van der Waals surface area contributed by atoms with E-state index in [0.29, 0.717) is 6.04 Å². The fourth-order valence-corrected chi connectivity index (χ4v) is 1.83. The fourth-order valence-electron chi connectivity index (χ4n) is 1.83. The van der Waals surface area contributed by atoms with Crippen LogP contribution in [-0.4, -0.2) is 25.6 Å². The van der Waals surface area contributed by atoms with Crippen molar-refractivity contribution in [3.05, 3.63) is 35.8 Å². The lowest BCUT2D eigenvalue weighted by molar-refractivity contribution is 0.670. The minimum absolute atomic E-state index is 0.699. The topological polar surface area (TPSA) is 55.6 Å². The summed E-state index contributed by atoms with van der Waals surface area (Å²) >= 11 is 0. The summed E-state index contributed by atoms with van der Waals surface area (Å²) in [5, 5.41) is 3.43. The Labute approximate surface area is 106 Å². The first-order chi connectivity index (χ1) is 8.74. The molecule has 0 atom stereocenters. The molecule has 18 heavy (non-hydrogen) atoms. The van der Waals surface area contributed by atoms with Gasteiger partial charge in [-0.1, -0.05) is 0 Å². The third-order valence-electron chi connectivity index (χ3n) is 3.34. The summed E-state index contributed by atoms with van der Waals surface area (Å²) in [6.45, 7) is 4.83. The van der Waals surface area contributed by atoms with Crippen molar-refractivity contribution in [3.8, 4) is 5.82 Å². The number of hydrogen-bond acceptors (Lipinski definition) is 4. The summed E-state index contributed by atoms with van der Waals surface area (Å²) in [5.41, 5.74) is 3.12. The molecule has 1 saturated carbocycles. The van der Waals surface area contributed by atoms with Gasteiger partial charge in [-0.15, -0.1) is 0 Å². The number of nitrogens with zero attached hydrogens (tertiary/aromatic N) is 4. The molecule has 2 aromatic rings. The Morgan fingerprint density at radius 3 is 2.61 bits per heavy atom. The predicted molar refractivity (Wildman–Crippen MR) is 68.5 cm³/mol. The molecule has 1 fully saturated rings. The molecule has 2 heterocycles. The second-order valence-corrected chi connectivity index (χ2v) is 4.81. The monoisotopic (exact) mass is 243 g/mol. The Morgan fingerprint density at radius 2 is 2.06 bits per heavy atom. The molecule has 1 N–H and O–H groups in total. The molecular weight excluding hydrogens is 226 g/mol. The van der Waals surface area contributed by atoms with Crippen molar-refractivity contribution in [1.82, 2.24) is 24.8 Å². The maximum Gasteiger partial charge on any atom is 0.156 e. The first-order valence-corrected chi connectivity index (χ1v) is 6.29. The third kappa shape index (κ3) is 2.26. The van der Waals surface area contributed by atoms with Crippen molar-refractivity contribution in [2.24, 2.45) is 0 Å². The van der Waals surface area contributed by atoms with Crippen LogP contribution in [0.25, 0.3) is 5.82 Å². The summed E-state index contributed by atoms with van der Waals surface area (Å²) in [7, 11) is 0. The Bertz CT molecular complexity index is 539. The van der Waals surface area contributed by atoms with Crippen molar-refractivity contribution in [3.63, 3.8) is 0 Å². The van der Waals surface area contributed by atoms with Gasteiger partial charge in [-0.05, 0) is 26.7 Å². The van der Waals surface area contributed by atoms with Gasteiger partial charge in [0.25, 0.3) is 0 Å². The molecule has 5 heteroatoms. The van der Waals surface area contributed by atoms with Crippen molar-refractivity contribution in [2.45, 2.75) is 39.3 Å². The van der Waals surface area contributed by atoms with Gasteiger partial charge >= 0.3 is 0 Å². The molecule has 1 aliphatic carbocycles. The summed E-state index contributed by atoms with van der Waals surface area (Å²) in [6.07, 6.45) is 8.01. The summed E-state index contributed by atoms with van der Waals surface area (Å²) < 4.78 is 1.96. The van der Waals surface area contributed by atoms with Gasteiger partial charge in [-0.25, -0.2) is 9.97 Å². The summed E-state index contributed by atoms with van der Waals surface area (Å²) in [6, 6.07) is 0.699. The number of aromatic nitrogens is 4. The second-order valence-electron chi connectivity index (χ2n) is 4.81. The van der Waals surface area contributed by atoms with E-state index in [4.69, 9.17) is 0 Å². The normalized spacial score (nSPS) is 15.0. The maximum atomic E-state index is 4.44. The molecule has 94 valence electrons. The standard InChI is InChI=1S/C13H17N5/c1-9-10(2)18(8-17-9)13-7-15-12(6-16-13)5-14-11-3-4-11/h6-8,11,14H,3-5H2,1-2H3. The van der Waals surface area contributed by atoms with Gasteiger partial charge in [0.2, 0.25) is 0 Å². The molecular formula is C13H17N5. The van der Waals surface area contributed by atoms with E-state index in [9.17, 15) is 0 Å². The summed E-state index contributed by atoms with van der Waals surface area (Å²) in [5.74, 6) is 0.822. The van der Waals surface area contributed by atoms with Crippen LogP contribution in [0.5, 0.6) is 0 Å². The van der Waals surface area contributed by atoms with E-state index in [0.717, 1.165) is 29.4 Å². The SMILES string of the molecule is Cc1ncn(-c2cnc(CNC3CC3)cn2)c1C. The van der Waals surface area contributed by atoms with E-state index in [-0.39, 0.29) is 0 Å². The molecule has 0 bridgehead atoms. The lowest BCUT2D eigenvalue weighted by Crippen LogP contribution is -2.16. The molecule has 0 unspecified atom stereocenters. The van der Waals surface area contributed by atoms with Crippen LogP contribution in [0.3, 0.4) is 0 Å². The van der Waals surface area contributed by atoms with Crippen molar-refractivity contribution in [1.29, 1.82) is 0 Å². The van der Waals surface area contributed by atoms with E-state index in [1.54, 1.807) is 12.5 Å². The van der Waals surface area contributed by atoms with E-state index in [1.165, 1.54) is 12.8 Å². The van der Waals surface area contributed by atoms with Crippen molar-refractivity contribution >= 4 is 0 Å². The molecule has 0 aromatic carbocycles. The molecule has 3 rings (SSSR count). The van der Waals surface area contributed by atoms with Gasteiger partial charge < -0.3 is 5.32 Å². The number of nitrogens with one attached hydrogen (secondary N) is 1. The average molecular weight is 243 g/mol. The Balaban J connectivity index is 1.75. The lowest BCUT2D eigenvalue weighted by atomic mass is 10.4. The maximum absolute atomic E-state index is 4.44. The summed E-state index contributed by atoms with van der Waals surface area (Å²) in [4.78, 5) is 13.1. The second kappa shape index (κ2) is 4.49. The predicted octanol–water partition coefficient (Wildman–Crippen LogP) is 1.53. The van der Waals surface area contributed by atoms with Gasteiger partial charge in [-0.3, -0.25) is 9.55 Å². The van der Waals surface area contributed by atoms with E-state index >= 15 is 0 Å². The zero-order valence-corrected chi connectivity index (χ0v) is 10.7. The van der Waals surface area contributed by atoms with Gasteiger partial charge in [0.05, 0.1) is 23.8 Å². The molecule has 5 nitrogen and oxygen atoms in total. The average Bonchev–Trinajstić information content (AvgIpc) is 3.16. The van der Waals surface area contributed by atoms with Crippen LogP contribution in [0.1, 0.15) is 29.9 Å². The highest BCUT2D eigenvalue weighted by atomic mass is 15.1. The minimum atomic E-state index is 0.699. The van der Waals surface area contributed by atoms with Crippen LogP contribution in [0.2, 0.25) is 0 Å². The van der Waals surface area contributed by atoms with Crippen LogP contribution in [0.4, 0.5) is 0 Å². The van der Waals surface area contributed by atoms with Gasteiger partial charge in [0.1, 0.15) is 6.33 Å². The molecule has 0 aliphatic heterocycles. The molecule has 0 saturated heterocycles. The lowest BCUT2D eigenvalue weighted by Gasteiger charge is -2.06. The molecule has 0 spiro atoms. The van der Waals surface area contributed by atoms with Crippen LogP contribution in [0.15, 0.2) is 18.7 Å². The highest BCUT2D eigenvalue weighted by Crippen LogP contribution is 2.19.